The van der Waals surface area contributed by atoms with E-state index in [-0.39, 0.29) is 0 Å². The highest BCUT2D eigenvalue weighted by molar-refractivity contribution is 9.10. The van der Waals surface area contributed by atoms with Gasteiger partial charge in [0.25, 0.3) is 0 Å². The lowest BCUT2D eigenvalue weighted by Gasteiger charge is -2.15. The quantitative estimate of drug-likeness (QED) is 0.766. The molecule has 0 bridgehead atoms. The Labute approximate surface area is 130 Å². The highest BCUT2D eigenvalue weighted by Gasteiger charge is 2.03. The van der Waals surface area contributed by atoms with Crippen molar-refractivity contribution < 1.29 is 0 Å². The second-order valence-electron chi connectivity index (χ2n) is 4.50. The van der Waals surface area contributed by atoms with E-state index in [2.05, 4.69) is 61.9 Å². The third-order valence-corrected chi connectivity index (χ3v) is 5.21. The number of nitrogens with zero attached hydrogens (tertiary/aromatic N) is 2. The van der Waals surface area contributed by atoms with E-state index in [1.54, 1.807) is 22.7 Å². The molecule has 0 aliphatic heterocycles. The van der Waals surface area contributed by atoms with Gasteiger partial charge in [-0.1, -0.05) is 0 Å². The molecule has 0 saturated heterocycles. The van der Waals surface area contributed by atoms with Crippen LogP contribution >= 0.6 is 38.6 Å². The molecule has 0 spiro atoms. The molecule has 0 radical (unpaired) electrons. The number of likely N-dealkylation sites (N-methyl/N-ethyl adjacent to an activating group) is 1. The number of nitrogens with one attached hydrogen (secondary N) is 1. The van der Waals surface area contributed by atoms with Crippen LogP contribution in [-0.2, 0) is 13.1 Å². The zero-order valence-corrected chi connectivity index (χ0v) is 14.4. The number of thiazole rings is 1. The fraction of sp³-hybridized carbons (Fsp3) is 0.462. The summed E-state index contributed by atoms with van der Waals surface area (Å²) < 4.78 is 1.17. The molecular formula is C13H18BrN3S2. The molecule has 0 saturated carbocycles. The predicted molar refractivity (Wildman–Crippen MR) is 86.9 cm³/mol. The molecule has 6 heteroatoms. The molecule has 2 rings (SSSR count). The fourth-order valence-electron chi connectivity index (χ4n) is 1.76. The maximum absolute atomic E-state index is 4.48. The normalized spacial score (nSPS) is 11.4. The lowest BCUT2D eigenvalue weighted by molar-refractivity contribution is 0.321. The second-order valence-corrected chi connectivity index (χ2v) is 7.48. The Balaban J connectivity index is 1.62. The minimum absolute atomic E-state index is 0.927. The van der Waals surface area contributed by atoms with Crippen LogP contribution in [0.1, 0.15) is 15.6 Å². The van der Waals surface area contributed by atoms with Crippen LogP contribution in [0.5, 0.6) is 0 Å². The molecule has 1 N–H and O–H groups in total. The summed E-state index contributed by atoms with van der Waals surface area (Å²) in [7, 11) is 2.14. The molecule has 0 amide bonds. The molecule has 0 aliphatic rings. The van der Waals surface area contributed by atoms with Crippen molar-refractivity contribution in [1.29, 1.82) is 0 Å². The van der Waals surface area contributed by atoms with Crippen LogP contribution in [0.3, 0.4) is 0 Å². The van der Waals surface area contributed by atoms with Gasteiger partial charge in [-0.25, -0.2) is 4.98 Å². The number of halogens is 1. The average Bonchev–Trinajstić information content (AvgIpc) is 2.94. The minimum atomic E-state index is 0.927. The maximum Gasteiger partial charge on any atom is 0.0897 e. The summed E-state index contributed by atoms with van der Waals surface area (Å²) in [5.41, 5.74) is 1.17. The summed E-state index contributed by atoms with van der Waals surface area (Å²) in [4.78, 5) is 8.15. The van der Waals surface area contributed by atoms with Crippen molar-refractivity contribution in [2.45, 2.75) is 20.0 Å². The Morgan fingerprint density at radius 1 is 1.37 bits per heavy atom. The van der Waals surface area contributed by atoms with Gasteiger partial charge in [0.05, 0.1) is 10.7 Å². The van der Waals surface area contributed by atoms with Crippen LogP contribution in [0.15, 0.2) is 21.3 Å². The fourth-order valence-corrected chi connectivity index (χ4v) is 3.79. The van der Waals surface area contributed by atoms with Crippen molar-refractivity contribution >= 4 is 38.6 Å². The number of aryl methyl sites for hydroxylation is 1. The average molecular weight is 360 g/mol. The van der Waals surface area contributed by atoms with Crippen LogP contribution in [0.25, 0.3) is 0 Å². The first-order valence-corrected chi connectivity index (χ1v) is 8.72. The van der Waals surface area contributed by atoms with E-state index >= 15 is 0 Å². The Kier molecular flexibility index (Phi) is 5.97. The summed E-state index contributed by atoms with van der Waals surface area (Å²) in [6, 6.07) is 2.17. The molecule has 3 nitrogen and oxygen atoms in total. The largest absolute Gasteiger partial charge is 0.311 e. The van der Waals surface area contributed by atoms with Gasteiger partial charge >= 0.3 is 0 Å². The second kappa shape index (κ2) is 7.50. The summed E-state index contributed by atoms with van der Waals surface area (Å²) in [6.45, 7) is 5.95. The Morgan fingerprint density at radius 2 is 2.21 bits per heavy atom. The van der Waals surface area contributed by atoms with E-state index in [1.165, 1.54) is 15.0 Å². The predicted octanol–water partition coefficient (Wildman–Crippen LogP) is 3.50. The van der Waals surface area contributed by atoms with Crippen LogP contribution in [0.2, 0.25) is 0 Å². The number of hydrogen-bond acceptors (Lipinski definition) is 5. The minimum Gasteiger partial charge on any atom is -0.311 e. The van der Waals surface area contributed by atoms with Gasteiger partial charge in [-0.3, -0.25) is 4.90 Å². The smallest absolute Gasteiger partial charge is 0.0897 e. The van der Waals surface area contributed by atoms with Crippen LogP contribution in [0, 0.1) is 6.92 Å². The zero-order valence-electron chi connectivity index (χ0n) is 11.1. The van der Waals surface area contributed by atoms with E-state index in [1.807, 2.05) is 0 Å². The van der Waals surface area contributed by atoms with Crippen LogP contribution in [-0.4, -0.2) is 30.0 Å². The number of thiophene rings is 1. The van der Waals surface area contributed by atoms with Crippen molar-refractivity contribution in [2.75, 3.05) is 20.1 Å². The number of aromatic nitrogens is 1. The molecular weight excluding hydrogens is 342 g/mol. The number of hydrogen-bond donors (Lipinski definition) is 1. The molecule has 104 valence electrons. The van der Waals surface area contributed by atoms with Crippen LogP contribution in [0.4, 0.5) is 0 Å². The van der Waals surface area contributed by atoms with Gasteiger partial charge in [0.2, 0.25) is 0 Å². The van der Waals surface area contributed by atoms with E-state index < -0.39 is 0 Å². The van der Waals surface area contributed by atoms with E-state index in [0.717, 1.165) is 31.2 Å². The summed E-state index contributed by atoms with van der Waals surface area (Å²) in [6.07, 6.45) is 0. The Morgan fingerprint density at radius 3 is 2.84 bits per heavy atom. The highest BCUT2D eigenvalue weighted by Crippen LogP contribution is 2.19. The molecule has 0 aliphatic carbocycles. The van der Waals surface area contributed by atoms with Gasteiger partial charge in [0.15, 0.2) is 0 Å². The molecule has 0 aromatic carbocycles. The van der Waals surface area contributed by atoms with Gasteiger partial charge < -0.3 is 5.32 Å². The lowest BCUT2D eigenvalue weighted by Crippen LogP contribution is -2.28. The van der Waals surface area contributed by atoms with Gasteiger partial charge in [-0.05, 0) is 36.0 Å². The molecule has 2 aromatic heterocycles. The van der Waals surface area contributed by atoms with Gasteiger partial charge in [-0.2, -0.15) is 0 Å². The molecule has 0 fully saturated rings. The van der Waals surface area contributed by atoms with Crippen molar-refractivity contribution in [3.05, 3.63) is 36.9 Å². The topological polar surface area (TPSA) is 28.2 Å². The Hall–Kier alpha value is -0.270. The first kappa shape index (κ1) is 15.1. The van der Waals surface area contributed by atoms with E-state index in [0.29, 0.717) is 0 Å². The van der Waals surface area contributed by atoms with Gasteiger partial charge in [-0.15, -0.1) is 22.7 Å². The van der Waals surface area contributed by atoms with Gasteiger partial charge in [0, 0.05) is 46.3 Å². The summed E-state index contributed by atoms with van der Waals surface area (Å²) in [5, 5.41) is 8.87. The van der Waals surface area contributed by atoms with Gasteiger partial charge in [0.1, 0.15) is 0 Å². The Bertz CT molecular complexity index is 509. The zero-order chi connectivity index (χ0) is 13.7. The molecule has 2 aromatic rings. The number of rotatable bonds is 7. The van der Waals surface area contributed by atoms with Crippen LogP contribution < -0.4 is 5.32 Å². The maximum atomic E-state index is 4.48. The lowest BCUT2D eigenvalue weighted by atomic mass is 10.4. The monoisotopic (exact) mass is 359 g/mol. The third-order valence-electron chi connectivity index (χ3n) is 2.69. The summed E-state index contributed by atoms with van der Waals surface area (Å²) >= 11 is 6.97. The molecule has 0 unspecified atom stereocenters. The highest BCUT2D eigenvalue weighted by atomic mass is 79.9. The van der Waals surface area contributed by atoms with Crippen molar-refractivity contribution in [1.82, 2.24) is 15.2 Å². The third kappa shape index (κ3) is 5.31. The summed E-state index contributed by atoms with van der Waals surface area (Å²) in [5.74, 6) is 0. The van der Waals surface area contributed by atoms with Crippen molar-refractivity contribution in [2.24, 2.45) is 0 Å². The molecule has 0 atom stereocenters. The van der Waals surface area contributed by atoms with Crippen molar-refractivity contribution in [3.8, 4) is 0 Å². The first-order chi connectivity index (χ1) is 9.13. The van der Waals surface area contributed by atoms with Crippen molar-refractivity contribution in [3.63, 3.8) is 0 Å². The standard InChI is InChI=1S/C13H18BrN3S2/c1-10-16-12(9-18-10)7-17(2)4-3-15-6-13-5-11(14)8-19-13/h5,8-9,15H,3-4,6-7H2,1-2H3. The SMILES string of the molecule is Cc1nc(CN(C)CCNCc2cc(Br)cs2)cs1. The van der Waals surface area contributed by atoms with E-state index in [9.17, 15) is 0 Å². The first-order valence-electron chi connectivity index (χ1n) is 6.16. The molecule has 19 heavy (non-hydrogen) atoms. The van der Waals surface area contributed by atoms with E-state index in [4.69, 9.17) is 0 Å². The molecule has 2 heterocycles.